The lowest BCUT2D eigenvalue weighted by atomic mass is 10.1. The number of nitrogens with one attached hydrogen (secondary N) is 1. The van der Waals surface area contributed by atoms with E-state index in [0.29, 0.717) is 39.0 Å². The third kappa shape index (κ3) is 4.16. The highest BCUT2D eigenvalue weighted by Crippen LogP contribution is 2.17. The summed E-state index contributed by atoms with van der Waals surface area (Å²) in [6.07, 6.45) is 3.22. The zero-order valence-corrected chi connectivity index (χ0v) is 16.0. The third-order valence-corrected chi connectivity index (χ3v) is 5.45. The van der Waals surface area contributed by atoms with Crippen LogP contribution in [0.2, 0.25) is 0 Å². The second-order valence-corrected chi connectivity index (χ2v) is 7.36. The molecule has 2 aliphatic rings. The van der Waals surface area contributed by atoms with Crippen molar-refractivity contribution in [3.63, 3.8) is 0 Å². The van der Waals surface area contributed by atoms with E-state index in [0.717, 1.165) is 42.9 Å². The van der Waals surface area contributed by atoms with Crippen LogP contribution in [0.1, 0.15) is 36.2 Å². The number of aryl methyl sites for hydroxylation is 1. The van der Waals surface area contributed by atoms with Crippen LogP contribution in [0.15, 0.2) is 30.3 Å². The number of hydrogen-bond donors (Lipinski definition) is 1. The summed E-state index contributed by atoms with van der Waals surface area (Å²) in [6, 6.07) is 9.77. The van der Waals surface area contributed by atoms with Crippen molar-refractivity contribution < 1.29 is 9.59 Å². The van der Waals surface area contributed by atoms with Gasteiger partial charge < -0.3 is 15.1 Å². The largest absolute Gasteiger partial charge is 0.343 e. The molecule has 1 fully saturated rings. The highest BCUT2D eigenvalue weighted by atomic mass is 16.2. The minimum absolute atomic E-state index is 0.0876. The maximum Gasteiger partial charge on any atom is 0.318 e. The summed E-state index contributed by atoms with van der Waals surface area (Å²) in [4.78, 5) is 28.6. The molecule has 0 spiro atoms. The van der Waals surface area contributed by atoms with Gasteiger partial charge in [0.25, 0.3) is 0 Å². The van der Waals surface area contributed by atoms with Gasteiger partial charge in [0.05, 0.1) is 24.5 Å². The third-order valence-electron chi connectivity index (χ3n) is 5.45. The molecule has 0 unspecified atom stereocenters. The van der Waals surface area contributed by atoms with E-state index in [2.05, 4.69) is 15.6 Å². The van der Waals surface area contributed by atoms with Crippen molar-refractivity contribution in [3.05, 3.63) is 47.3 Å². The van der Waals surface area contributed by atoms with Crippen molar-refractivity contribution in [2.45, 2.75) is 45.3 Å². The topological polar surface area (TPSA) is 83.4 Å². The minimum Gasteiger partial charge on any atom is -0.343 e. The quantitative estimate of drug-likeness (QED) is 0.851. The molecule has 28 heavy (non-hydrogen) atoms. The molecule has 0 radical (unpaired) electrons. The highest BCUT2D eigenvalue weighted by Gasteiger charge is 2.26. The Kier molecular flexibility index (Phi) is 5.55. The van der Waals surface area contributed by atoms with Gasteiger partial charge in [-0.25, -0.2) is 9.48 Å². The van der Waals surface area contributed by atoms with Crippen LogP contribution in [0.5, 0.6) is 0 Å². The first-order chi connectivity index (χ1) is 13.7. The number of rotatable bonds is 5. The molecule has 0 bridgehead atoms. The Hall–Kier alpha value is -2.90. The molecule has 1 aromatic heterocycles. The first kappa shape index (κ1) is 18.5. The van der Waals surface area contributed by atoms with Crippen molar-refractivity contribution in [1.29, 1.82) is 0 Å². The van der Waals surface area contributed by atoms with Gasteiger partial charge in [-0.15, -0.1) is 5.10 Å². The van der Waals surface area contributed by atoms with Gasteiger partial charge in [0.2, 0.25) is 5.91 Å². The van der Waals surface area contributed by atoms with Gasteiger partial charge in [0, 0.05) is 39.0 Å². The van der Waals surface area contributed by atoms with Crippen LogP contribution in [0.4, 0.5) is 4.79 Å². The molecular formula is C20H26N6O2. The molecule has 148 valence electrons. The highest BCUT2D eigenvalue weighted by molar-refractivity contribution is 5.76. The molecule has 8 heteroatoms. The fourth-order valence-electron chi connectivity index (χ4n) is 3.80. The van der Waals surface area contributed by atoms with Crippen molar-refractivity contribution in [2.75, 3.05) is 19.6 Å². The van der Waals surface area contributed by atoms with Crippen LogP contribution in [0, 0.1) is 0 Å². The number of nitrogens with zero attached hydrogens (tertiary/aromatic N) is 5. The number of fused-ring (bicyclic) bond motifs is 1. The molecule has 3 heterocycles. The number of carbonyl (C=O) groups excluding carboxylic acids is 2. The van der Waals surface area contributed by atoms with Crippen LogP contribution in [-0.2, 0) is 30.8 Å². The molecule has 0 atom stereocenters. The number of carbonyl (C=O) groups is 2. The van der Waals surface area contributed by atoms with E-state index in [9.17, 15) is 9.59 Å². The van der Waals surface area contributed by atoms with Gasteiger partial charge in [-0.3, -0.25) is 4.79 Å². The summed E-state index contributed by atoms with van der Waals surface area (Å²) >= 11 is 0. The molecule has 3 amide bonds. The summed E-state index contributed by atoms with van der Waals surface area (Å²) in [5.74, 6) is 0.188. The predicted molar refractivity (Wildman–Crippen MR) is 103 cm³/mol. The average Bonchev–Trinajstić information content (AvgIpc) is 3.41. The number of urea groups is 1. The minimum atomic E-state index is -0.0876. The maximum atomic E-state index is 12.6. The van der Waals surface area contributed by atoms with Crippen LogP contribution >= 0.6 is 0 Å². The van der Waals surface area contributed by atoms with E-state index < -0.39 is 0 Å². The normalized spacial score (nSPS) is 16.1. The summed E-state index contributed by atoms with van der Waals surface area (Å²) < 4.78 is 1.86. The maximum absolute atomic E-state index is 12.6. The van der Waals surface area contributed by atoms with E-state index in [-0.39, 0.29) is 11.9 Å². The number of amides is 3. The Morgan fingerprint density at radius 3 is 2.57 bits per heavy atom. The number of likely N-dealkylation sites (tertiary alicyclic amines) is 1. The van der Waals surface area contributed by atoms with E-state index in [1.807, 2.05) is 39.9 Å². The van der Waals surface area contributed by atoms with Crippen molar-refractivity contribution in [2.24, 2.45) is 0 Å². The summed E-state index contributed by atoms with van der Waals surface area (Å²) in [7, 11) is 0. The molecule has 2 aromatic rings. The number of aromatic nitrogens is 3. The monoisotopic (exact) mass is 382 g/mol. The Balaban J connectivity index is 1.33. The molecule has 8 nitrogen and oxygen atoms in total. The fourth-order valence-corrected chi connectivity index (χ4v) is 3.80. The van der Waals surface area contributed by atoms with Crippen LogP contribution in [0.25, 0.3) is 0 Å². The van der Waals surface area contributed by atoms with Gasteiger partial charge in [0.1, 0.15) is 0 Å². The molecule has 1 N–H and O–H groups in total. The summed E-state index contributed by atoms with van der Waals surface area (Å²) in [5, 5.41) is 11.4. The Labute approximate surface area is 164 Å². The van der Waals surface area contributed by atoms with E-state index >= 15 is 0 Å². The second-order valence-electron chi connectivity index (χ2n) is 7.36. The van der Waals surface area contributed by atoms with Gasteiger partial charge in [0.15, 0.2) is 0 Å². The van der Waals surface area contributed by atoms with Crippen molar-refractivity contribution >= 4 is 11.9 Å². The fraction of sp³-hybridized carbons (Fsp3) is 0.500. The summed E-state index contributed by atoms with van der Waals surface area (Å²) in [5.41, 5.74) is 2.84. The molecule has 1 aromatic carbocycles. The Bertz CT molecular complexity index is 828. The average molecular weight is 382 g/mol. The van der Waals surface area contributed by atoms with Crippen LogP contribution < -0.4 is 5.32 Å². The zero-order valence-electron chi connectivity index (χ0n) is 16.0. The molecular weight excluding hydrogens is 356 g/mol. The van der Waals surface area contributed by atoms with E-state index in [1.165, 1.54) is 0 Å². The van der Waals surface area contributed by atoms with E-state index in [1.54, 1.807) is 4.90 Å². The van der Waals surface area contributed by atoms with E-state index in [4.69, 9.17) is 0 Å². The summed E-state index contributed by atoms with van der Waals surface area (Å²) in [6.45, 7) is 3.94. The number of benzene rings is 1. The lowest BCUT2D eigenvalue weighted by molar-refractivity contribution is -0.130. The molecule has 0 saturated carbocycles. The molecule has 0 aliphatic carbocycles. The first-order valence-electron chi connectivity index (χ1n) is 9.96. The Morgan fingerprint density at radius 2 is 1.79 bits per heavy atom. The molecule has 2 aliphatic heterocycles. The van der Waals surface area contributed by atoms with Gasteiger partial charge >= 0.3 is 6.03 Å². The zero-order chi connectivity index (χ0) is 19.3. The standard InChI is InChI=1S/C20H26N6O2/c27-19(24-10-4-5-11-24)9-8-17-18-15-25(12-13-26(18)23-22-17)20(28)21-14-16-6-2-1-3-7-16/h1-3,6-7H,4-5,8-15H2,(H,21,28). The first-order valence-corrected chi connectivity index (χ1v) is 9.96. The SMILES string of the molecule is O=C(CCc1nnn2c1CN(C(=O)NCc1ccccc1)CC2)N1CCCC1. The van der Waals surface area contributed by atoms with Gasteiger partial charge in [-0.1, -0.05) is 35.5 Å². The Morgan fingerprint density at radius 1 is 1.00 bits per heavy atom. The predicted octanol–water partition coefficient (Wildman–Crippen LogP) is 1.56. The van der Waals surface area contributed by atoms with Crippen LogP contribution in [0.3, 0.4) is 0 Å². The molecule has 4 rings (SSSR count). The lowest BCUT2D eigenvalue weighted by Gasteiger charge is -2.28. The number of hydrogen-bond acceptors (Lipinski definition) is 4. The molecule has 1 saturated heterocycles. The van der Waals surface area contributed by atoms with Crippen molar-refractivity contribution in [3.8, 4) is 0 Å². The lowest BCUT2D eigenvalue weighted by Crippen LogP contribution is -2.44. The van der Waals surface area contributed by atoms with Gasteiger partial charge in [-0.05, 0) is 18.4 Å². The second kappa shape index (κ2) is 8.41. The van der Waals surface area contributed by atoms with Crippen LogP contribution in [-0.4, -0.2) is 56.4 Å². The van der Waals surface area contributed by atoms with Crippen molar-refractivity contribution in [1.82, 2.24) is 30.1 Å². The smallest absolute Gasteiger partial charge is 0.318 e. The van der Waals surface area contributed by atoms with Gasteiger partial charge in [-0.2, -0.15) is 0 Å².